The third kappa shape index (κ3) is 1.04. The molecule has 2 nitrogen and oxygen atoms in total. The van der Waals surface area contributed by atoms with Gasteiger partial charge in [-0.15, -0.1) is 11.6 Å². The molecule has 0 amide bonds. The summed E-state index contributed by atoms with van der Waals surface area (Å²) < 4.78 is 4.61. The van der Waals surface area contributed by atoms with Crippen molar-refractivity contribution < 1.29 is 4.52 Å². The van der Waals surface area contributed by atoms with Crippen molar-refractivity contribution >= 4 is 25.0 Å². The molecule has 0 fully saturated rings. The van der Waals surface area contributed by atoms with E-state index in [4.69, 9.17) is 19.4 Å². The average Bonchev–Trinajstić information content (AvgIpc) is 2.14. The van der Waals surface area contributed by atoms with Crippen molar-refractivity contribution in [2.75, 3.05) is 0 Å². The Labute approximate surface area is 53.2 Å². The van der Waals surface area contributed by atoms with Crippen LogP contribution < -0.4 is 5.59 Å². The molecule has 0 unspecified atom stereocenters. The number of hydrogen-bond acceptors (Lipinski definition) is 2. The minimum Gasteiger partial charge on any atom is -0.361 e. The Morgan fingerprint density at radius 3 is 2.88 bits per heavy atom. The Kier molecular flexibility index (Phi) is 1.58. The van der Waals surface area contributed by atoms with Gasteiger partial charge in [0.2, 0.25) is 0 Å². The van der Waals surface area contributed by atoms with Crippen molar-refractivity contribution in [2.45, 2.75) is 5.88 Å². The Bertz CT molecular complexity index is 176. The number of aromatic nitrogens is 1. The van der Waals surface area contributed by atoms with Crippen LogP contribution in [0.3, 0.4) is 0 Å². The molecule has 0 aliphatic rings. The van der Waals surface area contributed by atoms with Crippen LogP contribution in [0, 0.1) is 0 Å². The highest BCUT2D eigenvalue weighted by Crippen LogP contribution is 1.97. The molecule has 0 aliphatic heterocycles. The number of rotatable bonds is 1. The van der Waals surface area contributed by atoms with Crippen molar-refractivity contribution in [3.05, 3.63) is 11.8 Å². The summed E-state index contributed by atoms with van der Waals surface area (Å²) >= 11 is 5.35. The molecule has 0 aliphatic carbocycles. The van der Waals surface area contributed by atoms with Gasteiger partial charge in [0.1, 0.15) is 7.85 Å². The summed E-state index contributed by atoms with van der Waals surface area (Å²) in [5.74, 6) is 0.925. The van der Waals surface area contributed by atoms with E-state index in [-0.39, 0.29) is 0 Å². The topological polar surface area (TPSA) is 26.0 Å². The van der Waals surface area contributed by atoms with E-state index in [1.165, 1.54) is 0 Å². The zero-order chi connectivity index (χ0) is 5.98. The van der Waals surface area contributed by atoms with Gasteiger partial charge in [-0.1, -0.05) is 5.16 Å². The third-order valence-electron chi connectivity index (χ3n) is 0.709. The van der Waals surface area contributed by atoms with Crippen molar-refractivity contribution in [1.82, 2.24) is 5.16 Å². The smallest absolute Gasteiger partial charge is 0.150 e. The fourth-order valence-electron chi connectivity index (χ4n) is 0.392. The van der Waals surface area contributed by atoms with Crippen LogP contribution in [0.15, 0.2) is 10.6 Å². The molecule has 1 rings (SSSR count). The molecule has 0 bridgehead atoms. The van der Waals surface area contributed by atoms with Gasteiger partial charge in [0.15, 0.2) is 5.76 Å². The molecule has 1 aromatic rings. The molecule has 1 aromatic heterocycles. The second kappa shape index (κ2) is 2.22. The number of halogens is 1. The summed E-state index contributed by atoms with van der Waals surface area (Å²) in [4.78, 5) is 0. The first-order valence-electron chi connectivity index (χ1n) is 2.10. The summed E-state index contributed by atoms with van der Waals surface area (Å²) in [6.45, 7) is 0. The normalized spacial score (nSPS) is 9.62. The van der Waals surface area contributed by atoms with E-state index in [1.54, 1.807) is 6.07 Å². The Morgan fingerprint density at radius 2 is 2.62 bits per heavy atom. The predicted octanol–water partition coefficient (Wildman–Crippen LogP) is 0.207. The van der Waals surface area contributed by atoms with E-state index < -0.39 is 0 Å². The summed E-state index contributed by atoms with van der Waals surface area (Å²) in [7, 11) is 5.19. The van der Waals surface area contributed by atoms with Crippen LogP contribution in [0.5, 0.6) is 0 Å². The largest absolute Gasteiger partial charge is 0.361 e. The van der Waals surface area contributed by atoms with Crippen LogP contribution in [0.4, 0.5) is 0 Å². The van der Waals surface area contributed by atoms with Crippen LogP contribution in [0.1, 0.15) is 5.76 Å². The average molecular weight is 127 g/mol. The Balaban J connectivity index is 2.84. The fourth-order valence-corrected chi connectivity index (χ4v) is 0.518. The minimum atomic E-state index is 0.324. The van der Waals surface area contributed by atoms with Crippen molar-refractivity contribution in [3.63, 3.8) is 0 Å². The maximum Gasteiger partial charge on any atom is 0.150 e. The molecular formula is C4H3BClNO. The molecule has 0 N–H and O–H groups in total. The predicted molar refractivity (Wildman–Crippen MR) is 31.4 cm³/mol. The van der Waals surface area contributed by atoms with Gasteiger partial charge in [0.25, 0.3) is 0 Å². The van der Waals surface area contributed by atoms with Crippen molar-refractivity contribution in [3.8, 4) is 0 Å². The van der Waals surface area contributed by atoms with Crippen molar-refractivity contribution in [2.24, 2.45) is 0 Å². The van der Waals surface area contributed by atoms with E-state index in [0.717, 1.165) is 0 Å². The summed E-state index contributed by atoms with van der Waals surface area (Å²) in [6.07, 6.45) is 0. The number of nitrogens with zero attached hydrogens (tertiary/aromatic N) is 1. The van der Waals surface area contributed by atoms with Gasteiger partial charge in [0, 0.05) is 5.59 Å². The lowest BCUT2D eigenvalue weighted by Gasteiger charge is -1.74. The molecule has 8 heavy (non-hydrogen) atoms. The van der Waals surface area contributed by atoms with Gasteiger partial charge in [-0.05, 0) is 6.07 Å². The highest BCUT2D eigenvalue weighted by Gasteiger charge is 1.94. The minimum absolute atomic E-state index is 0.324. The molecule has 40 valence electrons. The van der Waals surface area contributed by atoms with Gasteiger partial charge in [-0.2, -0.15) is 0 Å². The van der Waals surface area contributed by atoms with Gasteiger partial charge in [0.05, 0.1) is 5.88 Å². The van der Waals surface area contributed by atoms with Crippen LogP contribution in [0.25, 0.3) is 0 Å². The first kappa shape index (κ1) is 5.70. The lowest BCUT2D eigenvalue weighted by Crippen LogP contribution is -1.99. The molecule has 2 radical (unpaired) electrons. The van der Waals surface area contributed by atoms with Crippen LogP contribution in [0.2, 0.25) is 0 Å². The molecule has 0 saturated carbocycles. The zero-order valence-corrected chi connectivity index (χ0v) is 4.85. The first-order valence-corrected chi connectivity index (χ1v) is 2.63. The van der Waals surface area contributed by atoms with E-state index >= 15 is 0 Å². The van der Waals surface area contributed by atoms with Crippen LogP contribution in [-0.2, 0) is 5.88 Å². The van der Waals surface area contributed by atoms with E-state index in [9.17, 15) is 0 Å². The van der Waals surface area contributed by atoms with E-state index in [1.807, 2.05) is 0 Å². The summed E-state index contributed by atoms with van der Waals surface area (Å²) in [6, 6.07) is 1.59. The van der Waals surface area contributed by atoms with Gasteiger partial charge >= 0.3 is 0 Å². The van der Waals surface area contributed by atoms with Crippen LogP contribution in [-0.4, -0.2) is 13.0 Å². The third-order valence-corrected chi connectivity index (χ3v) is 0.972. The molecule has 0 atom stereocenters. The highest BCUT2D eigenvalue weighted by atomic mass is 35.5. The fraction of sp³-hybridized carbons (Fsp3) is 0.250. The summed E-state index contributed by atoms with van der Waals surface area (Å²) in [5, 5.41) is 3.41. The zero-order valence-electron chi connectivity index (χ0n) is 4.10. The molecule has 1 heterocycles. The quantitative estimate of drug-likeness (QED) is 0.398. The Hall–Kier alpha value is -0.435. The molecular weight excluding hydrogens is 124 g/mol. The van der Waals surface area contributed by atoms with E-state index in [2.05, 4.69) is 9.68 Å². The summed E-state index contributed by atoms with van der Waals surface area (Å²) in [5.41, 5.74) is 0.376. The Morgan fingerprint density at radius 1 is 1.88 bits per heavy atom. The SMILES string of the molecule is [B]c1cc(CCl)on1. The lowest BCUT2D eigenvalue weighted by atomic mass is 10.1. The van der Waals surface area contributed by atoms with Crippen LogP contribution >= 0.6 is 11.6 Å². The molecule has 0 spiro atoms. The number of alkyl halides is 1. The first-order chi connectivity index (χ1) is 3.83. The van der Waals surface area contributed by atoms with Crippen molar-refractivity contribution in [1.29, 1.82) is 0 Å². The molecule has 0 saturated heterocycles. The second-order valence-electron chi connectivity index (χ2n) is 1.35. The lowest BCUT2D eigenvalue weighted by molar-refractivity contribution is 0.399. The van der Waals surface area contributed by atoms with E-state index in [0.29, 0.717) is 17.2 Å². The number of hydrogen-bond donors (Lipinski definition) is 0. The molecule has 0 aromatic carbocycles. The van der Waals surface area contributed by atoms with Gasteiger partial charge < -0.3 is 4.52 Å². The standard InChI is InChI=1S/C4H3BClNO/c5-4-1-3(2-6)8-7-4/h1H,2H2. The maximum atomic E-state index is 5.35. The highest BCUT2D eigenvalue weighted by molar-refractivity contribution is 6.30. The van der Waals surface area contributed by atoms with Gasteiger partial charge in [-0.3, -0.25) is 0 Å². The second-order valence-corrected chi connectivity index (χ2v) is 1.62. The monoisotopic (exact) mass is 127 g/mol. The maximum absolute atomic E-state index is 5.35. The molecule has 4 heteroatoms. The van der Waals surface area contributed by atoms with Gasteiger partial charge in [-0.25, -0.2) is 0 Å².